The van der Waals surface area contributed by atoms with E-state index in [9.17, 15) is 9.59 Å². The van der Waals surface area contributed by atoms with Gasteiger partial charge in [-0.1, -0.05) is 49.4 Å². The fourth-order valence-electron chi connectivity index (χ4n) is 3.75. The Hall–Kier alpha value is -4.06. The number of ether oxygens (including phenoxy) is 2. The van der Waals surface area contributed by atoms with Gasteiger partial charge in [-0.15, -0.1) is 0 Å². The van der Waals surface area contributed by atoms with Gasteiger partial charge in [0.1, 0.15) is 17.2 Å². The van der Waals surface area contributed by atoms with Gasteiger partial charge in [-0.2, -0.15) is 0 Å². The Morgan fingerprint density at radius 2 is 1.41 bits per heavy atom. The predicted octanol–water partition coefficient (Wildman–Crippen LogP) is 5.27. The van der Waals surface area contributed by atoms with Gasteiger partial charge in [0, 0.05) is 5.69 Å². The summed E-state index contributed by atoms with van der Waals surface area (Å²) in [7, 11) is 0. The van der Waals surface area contributed by atoms with Crippen LogP contribution in [0.15, 0.2) is 84.6 Å². The molecule has 0 fully saturated rings. The van der Waals surface area contributed by atoms with E-state index >= 15 is 0 Å². The SMILES string of the molecule is CCCOc1ccc(C2=C(Nc3ccc(OCC)cc3)C(=O)N(Cc3ccccc3)C2=O)cc1. The molecule has 4 rings (SSSR count). The molecule has 6 nitrogen and oxygen atoms in total. The molecule has 0 aromatic heterocycles. The van der Waals surface area contributed by atoms with Gasteiger partial charge in [0.25, 0.3) is 11.8 Å². The van der Waals surface area contributed by atoms with Crippen molar-refractivity contribution in [3.63, 3.8) is 0 Å². The molecular weight excluding hydrogens is 428 g/mol. The summed E-state index contributed by atoms with van der Waals surface area (Å²) in [6.45, 7) is 5.36. The number of nitrogens with one attached hydrogen (secondary N) is 1. The largest absolute Gasteiger partial charge is 0.494 e. The highest BCUT2D eigenvalue weighted by atomic mass is 16.5. The number of carbonyl (C=O) groups excluding carboxylic acids is 2. The number of hydrogen-bond acceptors (Lipinski definition) is 5. The molecule has 34 heavy (non-hydrogen) atoms. The van der Waals surface area contributed by atoms with Crippen molar-refractivity contribution >= 4 is 23.1 Å². The molecule has 0 aliphatic carbocycles. The van der Waals surface area contributed by atoms with Crippen LogP contribution in [0.1, 0.15) is 31.4 Å². The third-order valence-corrected chi connectivity index (χ3v) is 5.40. The van der Waals surface area contributed by atoms with E-state index in [2.05, 4.69) is 5.32 Å². The molecule has 2 amide bonds. The van der Waals surface area contributed by atoms with Crippen LogP contribution < -0.4 is 14.8 Å². The molecule has 1 aliphatic heterocycles. The second-order valence-electron chi connectivity index (χ2n) is 7.89. The first-order chi connectivity index (χ1) is 16.6. The minimum atomic E-state index is -0.357. The van der Waals surface area contributed by atoms with Crippen LogP contribution in [0.2, 0.25) is 0 Å². The number of anilines is 1. The monoisotopic (exact) mass is 456 g/mol. The molecule has 1 heterocycles. The topological polar surface area (TPSA) is 67.9 Å². The van der Waals surface area contributed by atoms with Gasteiger partial charge in [-0.3, -0.25) is 14.5 Å². The summed E-state index contributed by atoms with van der Waals surface area (Å²) in [5, 5.41) is 3.18. The molecule has 0 radical (unpaired) electrons. The van der Waals surface area contributed by atoms with Gasteiger partial charge in [0.2, 0.25) is 0 Å². The maximum absolute atomic E-state index is 13.5. The molecule has 0 saturated carbocycles. The molecule has 1 N–H and O–H groups in total. The molecule has 0 bridgehead atoms. The fraction of sp³-hybridized carbons (Fsp3) is 0.214. The summed E-state index contributed by atoms with van der Waals surface area (Å²) in [5.74, 6) is 0.781. The number of imide groups is 1. The van der Waals surface area contributed by atoms with Crippen LogP contribution in [-0.2, 0) is 16.1 Å². The van der Waals surface area contributed by atoms with Crippen molar-refractivity contribution < 1.29 is 19.1 Å². The second-order valence-corrected chi connectivity index (χ2v) is 7.89. The minimum absolute atomic E-state index is 0.203. The molecule has 0 atom stereocenters. The highest BCUT2D eigenvalue weighted by molar-refractivity contribution is 6.36. The normalized spacial score (nSPS) is 13.4. The zero-order chi connectivity index (χ0) is 23.9. The molecule has 0 saturated heterocycles. The Kier molecular flexibility index (Phi) is 7.28. The lowest BCUT2D eigenvalue weighted by Crippen LogP contribution is -2.31. The zero-order valence-corrected chi connectivity index (χ0v) is 19.4. The van der Waals surface area contributed by atoms with Crippen molar-refractivity contribution in [1.29, 1.82) is 0 Å². The summed E-state index contributed by atoms with van der Waals surface area (Å²) >= 11 is 0. The molecule has 6 heteroatoms. The third kappa shape index (κ3) is 5.12. The van der Waals surface area contributed by atoms with Crippen LogP contribution in [0, 0.1) is 0 Å². The van der Waals surface area contributed by atoms with Gasteiger partial charge < -0.3 is 14.8 Å². The lowest BCUT2D eigenvalue weighted by Gasteiger charge is -2.15. The molecule has 174 valence electrons. The number of rotatable bonds is 10. The Labute approximate surface area is 199 Å². The van der Waals surface area contributed by atoms with E-state index in [1.54, 1.807) is 0 Å². The zero-order valence-electron chi connectivity index (χ0n) is 19.4. The van der Waals surface area contributed by atoms with E-state index in [0.29, 0.717) is 30.0 Å². The summed E-state index contributed by atoms with van der Waals surface area (Å²) in [5.41, 5.74) is 2.84. The van der Waals surface area contributed by atoms with Crippen LogP contribution in [0.5, 0.6) is 11.5 Å². The van der Waals surface area contributed by atoms with E-state index in [-0.39, 0.29) is 24.1 Å². The number of nitrogens with zero attached hydrogens (tertiary/aromatic N) is 1. The van der Waals surface area contributed by atoms with Gasteiger partial charge in [0.15, 0.2) is 0 Å². The van der Waals surface area contributed by atoms with Gasteiger partial charge in [-0.25, -0.2) is 0 Å². The lowest BCUT2D eigenvalue weighted by molar-refractivity contribution is -0.137. The van der Waals surface area contributed by atoms with E-state index in [1.165, 1.54) is 4.90 Å². The summed E-state index contributed by atoms with van der Waals surface area (Å²) < 4.78 is 11.2. The summed E-state index contributed by atoms with van der Waals surface area (Å²) in [6, 6.07) is 24.1. The predicted molar refractivity (Wildman–Crippen MR) is 132 cm³/mol. The highest BCUT2D eigenvalue weighted by Gasteiger charge is 2.39. The number of amides is 2. The van der Waals surface area contributed by atoms with Crippen molar-refractivity contribution in [2.24, 2.45) is 0 Å². The van der Waals surface area contributed by atoms with E-state index in [4.69, 9.17) is 9.47 Å². The van der Waals surface area contributed by atoms with Crippen LogP contribution in [0.3, 0.4) is 0 Å². The molecule has 0 unspecified atom stereocenters. The quantitative estimate of drug-likeness (QED) is 0.421. The van der Waals surface area contributed by atoms with Gasteiger partial charge in [-0.05, 0) is 60.9 Å². The van der Waals surface area contributed by atoms with Crippen molar-refractivity contribution in [2.75, 3.05) is 18.5 Å². The van der Waals surface area contributed by atoms with Crippen LogP contribution in [0.25, 0.3) is 5.57 Å². The molecule has 1 aliphatic rings. The van der Waals surface area contributed by atoms with E-state index in [0.717, 1.165) is 23.5 Å². The van der Waals surface area contributed by atoms with E-state index in [1.807, 2.05) is 92.7 Å². The van der Waals surface area contributed by atoms with E-state index < -0.39 is 0 Å². The maximum Gasteiger partial charge on any atom is 0.278 e. The first-order valence-corrected chi connectivity index (χ1v) is 11.5. The second kappa shape index (κ2) is 10.7. The Morgan fingerprint density at radius 3 is 2.06 bits per heavy atom. The highest BCUT2D eigenvalue weighted by Crippen LogP contribution is 2.32. The van der Waals surface area contributed by atoms with Crippen LogP contribution in [-0.4, -0.2) is 29.9 Å². The molecule has 3 aromatic carbocycles. The Balaban J connectivity index is 1.67. The summed E-state index contributed by atoms with van der Waals surface area (Å²) in [6.07, 6.45) is 0.907. The number of hydrogen-bond donors (Lipinski definition) is 1. The smallest absolute Gasteiger partial charge is 0.278 e. The standard InChI is InChI=1S/C28H28N2O4/c1-3-18-34-24-14-10-21(11-15-24)25-26(29-22-12-16-23(17-13-22)33-4-2)28(32)30(27(25)31)19-20-8-6-5-7-9-20/h5-17,29H,3-4,18-19H2,1-2H3. The van der Waals surface area contributed by atoms with Gasteiger partial charge >= 0.3 is 0 Å². The maximum atomic E-state index is 13.5. The first-order valence-electron chi connectivity index (χ1n) is 11.5. The summed E-state index contributed by atoms with van der Waals surface area (Å²) in [4.78, 5) is 28.2. The molecular formula is C28H28N2O4. The molecule has 3 aromatic rings. The average molecular weight is 457 g/mol. The fourth-order valence-corrected chi connectivity index (χ4v) is 3.75. The first kappa shape index (κ1) is 23.1. The lowest BCUT2D eigenvalue weighted by atomic mass is 10.0. The Morgan fingerprint density at radius 1 is 0.765 bits per heavy atom. The van der Waals surface area contributed by atoms with Crippen molar-refractivity contribution in [2.45, 2.75) is 26.8 Å². The average Bonchev–Trinajstić information content (AvgIpc) is 3.09. The van der Waals surface area contributed by atoms with Crippen LogP contribution >= 0.6 is 0 Å². The molecule has 0 spiro atoms. The van der Waals surface area contributed by atoms with Crippen molar-refractivity contribution in [3.05, 3.63) is 95.7 Å². The van der Waals surface area contributed by atoms with Crippen LogP contribution in [0.4, 0.5) is 5.69 Å². The van der Waals surface area contributed by atoms with Crippen molar-refractivity contribution in [3.8, 4) is 11.5 Å². The van der Waals surface area contributed by atoms with Gasteiger partial charge in [0.05, 0.1) is 25.3 Å². The Bertz CT molecular complexity index is 1170. The van der Waals surface area contributed by atoms with Crippen molar-refractivity contribution in [1.82, 2.24) is 4.90 Å². The number of carbonyl (C=O) groups is 2. The third-order valence-electron chi connectivity index (χ3n) is 5.40. The minimum Gasteiger partial charge on any atom is -0.494 e. The number of benzene rings is 3.